The van der Waals surface area contributed by atoms with Gasteiger partial charge < -0.3 is 14.2 Å². The summed E-state index contributed by atoms with van der Waals surface area (Å²) < 4.78 is 17.0. The Labute approximate surface area is 518 Å². The third-order valence-electron chi connectivity index (χ3n) is 16.8. The summed E-state index contributed by atoms with van der Waals surface area (Å²) >= 11 is 0. The number of unbranched alkanes of at least 4 members (excludes halogenated alkanes) is 50. The summed E-state index contributed by atoms with van der Waals surface area (Å²) in [6.45, 7) is 6.69. The Bertz CT molecular complexity index is 1430. The Morgan fingerprint density at radius 3 is 0.699 bits per heavy atom. The van der Waals surface area contributed by atoms with E-state index in [0.717, 1.165) is 64.2 Å². The van der Waals surface area contributed by atoms with Crippen molar-refractivity contribution >= 4 is 17.9 Å². The van der Waals surface area contributed by atoms with Crippen LogP contribution < -0.4 is 0 Å². The molecule has 0 N–H and O–H groups in total. The second-order valence-corrected chi connectivity index (χ2v) is 25.2. The summed E-state index contributed by atoms with van der Waals surface area (Å²) in [5.41, 5.74) is 0. The molecule has 0 saturated carbocycles. The van der Waals surface area contributed by atoms with Gasteiger partial charge in [-0.2, -0.15) is 0 Å². The fourth-order valence-electron chi connectivity index (χ4n) is 11.2. The van der Waals surface area contributed by atoms with Crippen molar-refractivity contribution in [2.45, 2.75) is 412 Å². The number of carbonyl (C=O) groups is 3. The summed E-state index contributed by atoms with van der Waals surface area (Å²) in [7, 11) is 0. The molecule has 0 aliphatic carbocycles. The predicted octanol–water partition coefficient (Wildman–Crippen LogP) is 25.7. The lowest BCUT2D eigenvalue weighted by Gasteiger charge is -2.18. The van der Waals surface area contributed by atoms with Gasteiger partial charge in [0.15, 0.2) is 6.10 Å². The molecule has 0 amide bonds. The van der Waals surface area contributed by atoms with Crippen LogP contribution >= 0.6 is 0 Å². The van der Waals surface area contributed by atoms with Crippen molar-refractivity contribution in [2.75, 3.05) is 13.2 Å². The first-order chi connectivity index (χ1) is 41.0. The van der Waals surface area contributed by atoms with Crippen LogP contribution in [0.3, 0.4) is 0 Å². The van der Waals surface area contributed by atoms with Gasteiger partial charge in [-0.3, -0.25) is 14.4 Å². The standard InChI is InChI=1S/C77H142O6/c1-4-7-10-13-16-19-22-25-28-31-34-36-38-40-43-46-49-52-55-58-61-64-67-70-76(79)82-73-74(72-81-75(78)69-66-63-60-57-54-51-48-45-42-33-30-27-24-21-18-15-12-9-6-3)83-77(80)71-68-65-62-59-56-53-50-47-44-41-39-37-35-32-29-26-23-20-17-14-11-8-5-2/h18,21,27,30-32,34-35,74H,4-17,19-20,22-26,28-29,33,36-73H2,1-3H3/b21-18-,30-27-,34-31-,35-32-. The minimum atomic E-state index is -0.777. The fraction of sp³-hybridized carbons (Fsp3) is 0.857. The zero-order valence-electron chi connectivity index (χ0n) is 56.0. The highest BCUT2D eigenvalue weighted by Gasteiger charge is 2.19. The average Bonchev–Trinajstić information content (AvgIpc) is 3.49. The Balaban J connectivity index is 4.32. The van der Waals surface area contributed by atoms with E-state index in [0.29, 0.717) is 19.3 Å². The van der Waals surface area contributed by atoms with E-state index in [4.69, 9.17) is 14.2 Å². The second-order valence-electron chi connectivity index (χ2n) is 25.2. The molecule has 6 nitrogen and oxygen atoms in total. The van der Waals surface area contributed by atoms with Crippen molar-refractivity contribution in [2.24, 2.45) is 0 Å². The first-order valence-corrected chi connectivity index (χ1v) is 37.1. The van der Waals surface area contributed by atoms with Gasteiger partial charge in [0, 0.05) is 19.3 Å². The fourth-order valence-corrected chi connectivity index (χ4v) is 11.2. The van der Waals surface area contributed by atoms with Gasteiger partial charge in [-0.1, -0.05) is 333 Å². The van der Waals surface area contributed by atoms with E-state index in [-0.39, 0.29) is 31.1 Å². The van der Waals surface area contributed by atoms with E-state index in [1.165, 1.54) is 302 Å². The normalized spacial score (nSPS) is 12.3. The Hall–Kier alpha value is -2.63. The van der Waals surface area contributed by atoms with E-state index in [1.54, 1.807) is 0 Å². The number of esters is 3. The second kappa shape index (κ2) is 71.8. The number of rotatable bonds is 69. The van der Waals surface area contributed by atoms with Crippen LogP contribution in [0.25, 0.3) is 0 Å². The molecule has 83 heavy (non-hydrogen) atoms. The molecule has 1 unspecified atom stereocenters. The molecule has 486 valence electrons. The number of allylic oxidation sites excluding steroid dienone is 8. The number of hydrogen-bond donors (Lipinski definition) is 0. The van der Waals surface area contributed by atoms with Gasteiger partial charge in [-0.05, 0) is 103 Å². The van der Waals surface area contributed by atoms with Crippen LogP contribution in [-0.4, -0.2) is 37.2 Å². The van der Waals surface area contributed by atoms with Gasteiger partial charge in [0.1, 0.15) is 13.2 Å². The molecule has 0 aromatic rings. The lowest BCUT2D eigenvalue weighted by atomic mass is 10.0. The molecule has 0 aliphatic heterocycles. The largest absolute Gasteiger partial charge is 0.462 e. The first-order valence-electron chi connectivity index (χ1n) is 37.1. The van der Waals surface area contributed by atoms with Gasteiger partial charge in [-0.15, -0.1) is 0 Å². The molecular weight excluding hydrogens is 1020 g/mol. The van der Waals surface area contributed by atoms with Crippen LogP contribution in [0.2, 0.25) is 0 Å². The molecule has 0 aromatic carbocycles. The summed E-state index contributed by atoms with van der Waals surface area (Å²) in [4.78, 5) is 38.6. The molecule has 0 heterocycles. The van der Waals surface area contributed by atoms with E-state index in [2.05, 4.69) is 69.4 Å². The van der Waals surface area contributed by atoms with Gasteiger partial charge in [0.2, 0.25) is 0 Å². The van der Waals surface area contributed by atoms with Crippen molar-refractivity contribution in [1.29, 1.82) is 0 Å². The zero-order chi connectivity index (χ0) is 59.9. The highest BCUT2D eigenvalue weighted by atomic mass is 16.6. The maximum Gasteiger partial charge on any atom is 0.306 e. The molecule has 0 spiro atoms. The number of hydrogen-bond acceptors (Lipinski definition) is 6. The molecule has 0 aromatic heterocycles. The quantitative estimate of drug-likeness (QED) is 0.0261. The molecule has 0 aliphatic rings. The van der Waals surface area contributed by atoms with Crippen LogP contribution in [0.1, 0.15) is 406 Å². The van der Waals surface area contributed by atoms with Gasteiger partial charge in [-0.25, -0.2) is 0 Å². The predicted molar refractivity (Wildman–Crippen MR) is 362 cm³/mol. The number of carbonyl (C=O) groups excluding carboxylic acids is 3. The van der Waals surface area contributed by atoms with Crippen LogP contribution in [0.5, 0.6) is 0 Å². The molecule has 6 heteroatoms. The Morgan fingerprint density at radius 2 is 0.434 bits per heavy atom. The summed E-state index contributed by atoms with van der Waals surface area (Å²) in [6, 6.07) is 0. The van der Waals surface area contributed by atoms with E-state index >= 15 is 0 Å². The molecule has 1 atom stereocenters. The highest BCUT2D eigenvalue weighted by Crippen LogP contribution is 2.18. The minimum absolute atomic E-state index is 0.0715. The SMILES string of the molecule is CCCCC/C=C\C/C=C\CCCCCCCCCCCC(=O)OCC(COC(=O)CCCCCCCCCCCCC/C=C\CCCCCCCCCC)OC(=O)CCCCCCCCCCCCC/C=C\CCCCCCCCCC. The molecule has 0 bridgehead atoms. The van der Waals surface area contributed by atoms with Crippen molar-refractivity contribution in [1.82, 2.24) is 0 Å². The van der Waals surface area contributed by atoms with E-state index < -0.39 is 6.10 Å². The van der Waals surface area contributed by atoms with Gasteiger partial charge in [0.05, 0.1) is 0 Å². The average molecular weight is 1160 g/mol. The van der Waals surface area contributed by atoms with Gasteiger partial charge in [0.25, 0.3) is 0 Å². The lowest BCUT2D eigenvalue weighted by molar-refractivity contribution is -0.167. The maximum atomic E-state index is 13.0. The van der Waals surface area contributed by atoms with Crippen LogP contribution in [0.4, 0.5) is 0 Å². The Morgan fingerprint density at radius 1 is 0.241 bits per heavy atom. The minimum Gasteiger partial charge on any atom is -0.462 e. The van der Waals surface area contributed by atoms with Crippen molar-refractivity contribution in [3.63, 3.8) is 0 Å². The smallest absolute Gasteiger partial charge is 0.306 e. The first kappa shape index (κ1) is 80.4. The summed E-state index contributed by atoms with van der Waals surface area (Å²) in [5, 5.41) is 0. The summed E-state index contributed by atoms with van der Waals surface area (Å²) in [6.07, 6.45) is 91.4. The summed E-state index contributed by atoms with van der Waals surface area (Å²) in [5.74, 6) is -0.848. The Kier molecular flexibility index (Phi) is 69.6. The maximum absolute atomic E-state index is 13.0. The third-order valence-corrected chi connectivity index (χ3v) is 16.8. The molecule has 0 saturated heterocycles. The zero-order valence-corrected chi connectivity index (χ0v) is 56.0. The topological polar surface area (TPSA) is 78.9 Å². The highest BCUT2D eigenvalue weighted by molar-refractivity contribution is 5.71. The molecule has 0 rings (SSSR count). The third kappa shape index (κ3) is 70.0. The number of ether oxygens (including phenoxy) is 3. The molecular formula is C77H142O6. The monoisotopic (exact) mass is 1160 g/mol. The van der Waals surface area contributed by atoms with Crippen LogP contribution in [0, 0.1) is 0 Å². The lowest BCUT2D eigenvalue weighted by Crippen LogP contribution is -2.30. The van der Waals surface area contributed by atoms with Crippen LogP contribution in [-0.2, 0) is 28.6 Å². The van der Waals surface area contributed by atoms with Crippen molar-refractivity contribution < 1.29 is 28.6 Å². The van der Waals surface area contributed by atoms with Crippen LogP contribution in [0.15, 0.2) is 48.6 Å². The van der Waals surface area contributed by atoms with E-state index in [9.17, 15) is 14.4 Å². The molecule has 0 radical (unpaired) electrons. The van der Waals surface area contributed by atoms with E-state index in [1.807, 2.05) is 0 Å². The van der Waals surface area contributed by atoms with Crippen molar-refractivity contribution in [3.8, 4) is 0 Å². The molecule has 0 fully saturated rings. The van der Waals surface area contributed by atoms with Crippen molar-refractivity contribution in [3.05, 3.63) is 48.6 Å². The van der Waals surface area contributed by atoms with Gasteiger partial charge >= 0.3 is 17.9 Å².